The fourth-order valence-electron chi connectivity index (χ4n) is 1.30. The zero-order valence-corrected chi connectivity index (χ0v) is 8.91. The van der Waals surface area contributed by atoms with Crippen molar-refractivity contribution in [1.82, 2.24) is 9.78 Å². The van der Waals surface area contributed by atoms with Crippen LogP contribution in [0.15, 0.2) is 6.20 Å². The fourth-order valence-corrected chi connectivity index (χ4v) is 1.30. The summed E-state index contributed by atoms with van der Waals surface area (Å²) in [6.07, 6.45) is 2.52. The van der Waals surface area contributed by atoms with Gasteiger partial charge in [-0.1, -0.05) is 6.92 Å². The van der Waals surface area contributed by atoms with Gasteiger partial charge in [-0.25, -0.2) is 0 Å². The molecular weight excluding hydrogens is 180 g/mol. The molecule has 1 rings (SSSR count). The van der Waals surface area contributed by atoms with Crippen LogP contribution in [0.25, 0.3) is 0 Å². The topological polar surface area (TPSA) is 44.1 Å². The maximum atomic E-state index is 11.6. The van der Waals surface area contributed by atoms with Gasteiger partial charge < -0.3 is 4.74 Å². The van der Waals surface area contributed by atoms with Crippen LogP contribution in [0.1, 0.15) is 29.9 Å². The van der Waals surface area contributed by atoms with E-state index in [2.05, 4.69) is 5.10 Å². The second-order valence-corrected chi connectivity index (χ2v) is 3.08. The third-order valence-corrected chi connectivity index (χ3v) is 1.98. The molecule has 0 aliphatic rings. The predicted octanol–water partition coefficient (Wildman–Crippen LogP) is 1.20. The molecule has 0 aliphatic heterocycles. The number of ether oxygens (including phenoxy) is 1. The Labute approximate surface area is 83.9 Å². The van der Waals surface area contributed by atoms with Crippen molar-refractivity contribution < 1.29 is 9.53 Å². The Hall–Kier alpha value is -1.16. The van der Waals surface area contributed by atoms with Gasteiger partial charge in [0.25, 0.3) is 0 Å². The Morgan fingerprint density at radius 1 is 1.57 bits per heavy atom. The SMILES string of the molecule is CCOCC(=O)c1cn(C)nc1CC. The smallest absolute Gasteiger partial charge is 0.191 e. The maximum absolute atomic E-state index is 11.6. The standard InChI is InChI=1S/C10H16N2O2/c1-4-9-8(6-12(3)11-9)10(13)7-14-5-2/h6H,4-5,7H2,1-3H3. The van der Waals surface area contributed by atoms with Crippen molar-refractivity contribution in [3.8, 4) is 0 Å². The van der Waals surface area contributed by atoms with Crippen LogP contribution < -0.4 is 0 Å². The van der Waals surface area contributed by atoms with Crippen LogP contribution in [0.5, 0.6) is 0 Å². The lowest BCUT2D eigenvalue weighted by molar-refractivity contribution is 0.0782. The van der Waals surface area contributed by atoms with E-state index in [4.69, 9.17) is 4.74 Å². The first kappa shape index (κ1) is 10.9. The van der Waals surface area contributed by atoms with E-state index in [1.54, 1.807) is 10.9 Å². The molecule has 4 heteroatoms. The highest BCUT2D eigenvalue weighted by Gasteiger charge is 2.13. The molecule has 0 bridgehead atoms. The Bertz CT molecular complexity index is 318. The van der Waals surface area contributed by atoms with Crippen molar-refractivity contribution in [3.05, 3.63) is 17.5 Å². The summed E-state index contributed by atoms with van der Waals surface area (Å²) >= 11 is 0. The Kier molecular flexibility index (Phi) is 3.83. The number of ketones is 1. The highest BCUT2D eigenvalue weighted by Crippen LogP contribution is 2.08. The molecule has 0 aromatic carbocycles. The summed E-state index contributed by atoms with van der Waals surface area (Å²) in [5, 5.41) is 4.20. The zero-order valence-electron chi connectivity index (χ0n) is 8.91. The first-order valence-electron chi connectivity index (χ1n) is 4.82. The molecule has 0 atom stereocenters. The number of aryl methyl sites for hydroxylation is 2. The van der Waals surface area contributed by atoms with Gasteiger partial charge in [-0.2, -0.15) is 5.10 Å². The van der Waals surface area contributed by atoms with Gasteiger partial charge in [-0.3, -0.25) is 9.48 Å². The average Bonchev–Trinajstić information content (AvgIpc) is 2.56. The molecule has 1 heterocycles. The second-order valence-electron chi connectivity index (χ2n) is 3.08. The molecule has 1 aromatic rings. The summed E-state index contributed by atoms with van der Waals surface area (Å²) in [5.41, 5.74) is 1.53. The van der Waals surface area contributed by atoms with E-state index >= 15 is 0 Å². The Balaban J connectivity index is 2.77. The van der Waals surface area contributed by atoms with Crippen molar-refractivity contribution in [2.75, 3.05) is 13.2 Å². The van der Waals surface area contributed by atoms with Crippen molar-refractivity contribution in [2.24, 2.45) is 7.05 Å². The van der Waals surface area contributed by atoms with E-state index in [0.717, 1.165) is 12.1 Å². The van der Waals surface area contributed by atoms with Crippen LogP contribution in [0.3, 0.4) is 0 Å². The number of aromatic nitrogens is 2. The summed E-state index contributed by atoms with van der Waals surface area (Å²) < 4.78 is 6.74. The number of carbonyl (C=O) groups is 1. The first-order valence-corrected chi connectivity index (χ1v) is 4.82. The van der Waals surface area contributed by atoms with Crippen LogP contribution in [0.2, 0.25) is 0 Å². The zero-order chi connectivity index (χ0) is 10.6. The lowest BCUT2D eigenvalue weighted by atomic mass is 10.1. The number of rotatable bonds is 5. The fraction of sp³-hybridized carbons (Fsp3) is 0.600. The molecule has 0 unspecified atom stereocenters. The average molecular weight is 196 g/mol. The van der Waals surface area contributed by atoms with Crippen LogP contribution in [0, 0.1) is 0 Å². The molecule has 0 fully saturated rings. The highest BCUT2D eigenvalue weighted by molar-refractivity contribution is 5.97. The van der Waals surface area contributed by atoms with Crippen LogP contribution in [0.4, 0.5) is 0 Å². The third-order valence-electron chi connectivity index (χ3n) is 1.98. The molecule has 14 heavy (non-hydrogen) atoms. The Morgan fingerprint density at radius 3 is 2.86 bits per heavy atom. The number of hydrogen-bond donors (Lipinski definition) is 0. The molecule has 0 amide bonds. The van der Waals surface area contributed by atoms with Crippen molar-refractivity contribution >= 4 is 5.78 Å². The molecule has 0 saturated heterocycles. The van der Waals surface area contributed by atoms with E-state index in [1.807, 2.05) is 20.9 Å². The normalized spacial score (nSPS) is 10.5. The molecule has 1 aromatic heterocycles. The third kappa shape index (κ3) is 2.42. The summed E-state index contributed by atoms with van der Waals surface area (Å²) in [7, 11) is 1.82. The lowest BCUT2D eigenvalue weighted by Gasteiger charge is -1.99. The quantitative estimate of drug-likeness (QED) is 0.665. The summed E-state index contributed by atoms with van der Waals surface area (Å²) in [5.74, 6) is 0.0109. The van der Waals surface area contributed by atoms with Gasteiger partial charge in [0.15, 0.2) is 5.78 Å². The van der Waals surface area contributed by atoms with E-state index in [9.17, 15) is 4.79 Å². The van der Waals surface area contributed by atoms with Gasteiger partial charge in [0.05, 0.1) is 11.3 Å². The Morgan fingerprint density at radius 2 is 2.29 bits per heavy atom. The van der Waals surface area contributed by atoms with E-state index in [0.29, 0.717) is 12.2 Å². The maximum Gasteiger partial charge on any atom is 0.191 e. The molecule has 0 radical (unpaired) electrons. The number of carbonyl (C=O) groups excluding carboxylic acids is 1. The molecule has 0 saturated carbocycles. The predicted molar refractivity (Wildman–Crippen MR) is 53.4 cm³/mol. The summed E-state index contributed by atoms with van der Waals surface area (Å²) in [6.45, 7) is 4.57. The summed E-state index contributed by atoms with van der Waals surface area (Å²) in [4.78, 5) is 11.6. The minimum Gasteiger partial charge on any atom is -0.374 e. The van der Waals surface area contributed by atoms with Crippen LogP contribution in [-0.2, 0) is 18.2 Å². The molecule has 4 nitrogen and oxygen atoms in total. The van der Waals surface area contributed by atoms with Crippen LogP contribution in [-0.4, -0.2) is 28.8 Å². The highest BCUT2D eigenvalue weighted by atomic mass is 16.5. The van der Waals surface area contributed by atoms with Gasteiger partial charge in [0.1, 0.15) is 6.61 Å². The van der Waals surface area contributed by atoms with Gasteiger partial charge in [0.2, 0.25) is 0 Å². The minimum absolute atomic E-state index is 0.0109. The molecule has 0 N–H and O–H groups in total. The van der Waals surface area contributed by atoms with Crippen molar-refractivity contribution in [3.63, 3.8) is 0 Å². The van der Waals surface area contributed by atoms with Crippen molar-refractivity contribution in [2.45, 2.75) is 20.3 Å². The minimum atomic E-state index is 0.0109. The molecule has 78 valence electrons. The number of hydrogen-bond acceptors (Lipinski definition) is 3. The molecule has 0 aliphatic carbocycles. The van der Waals surface area contributed by atoms with Crippen molar-refractivity contribution in [1.29, 1.82) is 0 Å². The lowest BCUT2D eigenvalue weighted by Crippen LogP contribution is -2.10. The van der Waals surface area contributed by atoms with Gasteiger partial charge in [-0.05, 0) is 13.3 Å². The van der Waals surface area contributed by atoms with Gasteiger partial charge >= 0.3 is 0 Å². The van der Waals surface area contributed by atoms with Crippen LogP contribution >= 0.6 is 0 Å². The van der Waals surface area contributed by atoms with E-state index in [1.165, 1.54) is 0 Å². The first-order chi connectivity index (χ1) is 6.69. The summed E-state index contributed by atoms with van der Waals surface area (Å²) in [6, 6.07) is 0. The largest absolute Gasteiger partial charge is 0.374 e. The second kappa shape index (κ2) is 4.91. The monoisotopic (exact) mass is 196 g/mol. The van der Waals surface area contributed by atoms with E-state index < -0.39 is 0 Å². The molecular formula is C10H16N2O2. The van der Waals surface area contributed by atoms with Gasteiger partial charge in [-0.15, -0.1) is 0 Å². The number of Topliss-reactive ketones (excluding diaryl/α,β-unsaturated/α-hetero) is 1. The number of nitrogens with zero attached hydrogens (tertiary/aromatic N) is 2. The molecule has 0 spiro atoms. The van der Waals surface area contributed by atoms with Gasteiger partial charge in [0, 0.05) is 19.9 Å². The van der Waals surface area contributed by atoms with E-state index in [-0.39, 0.29) is 12.4 Å².